The molecular weight excluding hydrogens is 414 g/mol. The molecule has 2 aromatic carbocycles. The number of methoxy groups -OCH3 is 2. The molecule has 2 heterocycles. The van der Waals surface area contributed by atoms with Crippen molar-refractivity contribution in [1.82, 2.24) is 4.57 Å². The Kier molecular flexibility index (Phi) is 4.81. The maximum atomic E-state index is 12.8. The molecule has 10 heteroatoms. The zero-order valence-electron chi connectivity index (χ0n) is 15.7. The van der Waals surface area contributed by atoms with E-state index in [4.69, 9.17) is 9.47 Å². The van der Waals surface area contributed by atoms with Gasteiger partial charge in [-0.15, -0.1) is 11.3 Å². The molecule has 0 saturated carbocycles. The third-order valence-electron chi connectivity index (χ3n) is 4.41. The third kappa shape index (κ3) is 3.36. The molecule has 0 radical (unpaired) electrons. The van der Waals surface area contributed by atoms with Gasteiger partial charge in [-0.25, -0.2) is 0 Å². The highest BCUT2D eigenvalue weighted by Gasteiger charge is 2.15. The van der Waals surface area contributed by atoms with Crippen molar-refractivity contribution in [2.45, 2.75) is 0 Å². The maximum Gasteiger partial charge on any atom is 0.289 e. The first-order valence-corrected chi connectivity index (χ1v) is 10.0. The average Bonchev–Trinajstić information content (AvgIpc) is 3.28. The summed E-state index contributed by atoms with van der Waals surface area (Å²) in [6, 6.07) is 9.81. The van der Waals surface area contributed by atoms with Gasteiger partial charge < -0.3 is 14.0 Å². The van der Waals surface area contributed by atoms with Crippen molar-refractivity contribution in [3.05, 3.63) is 56.2 Å². The lowest BCUT2D eigenvalue weighted by Gasteiger charge is -2.06. The van der Waals surface area contributed by atoms with Crippen molar-refractivity contribution >= 4 is 54.6 Å². The van der Waals surface area contributed by atoms with Crippen molar-refractivity contribution < 1.29 is 19.2 Å². The summed E-state index contributed by atoms with van der Waals surface area (Å²) in [6.07, 6.45) is 0. The second kappa shape index (κ2) is 7.30. The maximum absolute atomic E-state index is 12.8. The second-order valence-corrected chi connectivity index (χ2v) is 8.22. The molecule has 0 N–H and O–H groups in total. The summed E-state index contributed by atoms with van der Waals surface area (Å²) in [4.78, 5) is 28.5. The second-order valence-electron chi connectivity index (χ2n) is 6.13. The topological polar surface area (TPSA) is 96.0 Å². The number of non-ortho nitro benzene ring substituents is 1. The zero-order chi connectivity index (χ0) is 20.7. The number of hydrogen-bond acceptors (Lipinski definition) is 7. The van der Waals surface area contributed by atoms with E-state index in [9.17, 15) is 14.9 Å². The molecule has 0 saturated heterocycles. The predicted octanol–water partition coefficient (Wildman–Crippen LogP) is 4.12. The van der Waals surface area contributed by atoms with Crippen LogP contribution in [-0.2, 0) is 7.05 Å². The molecule has 1 amide bonds. The van der Waals surface area contributed by atoms with Gasteiger partial charge in [0.25, 0.3) is 11.6 Å². The highest BCUT2D eigenvalue weighted by Crippen LogP contribution is 2.33. The molecule has 148 valence electrons. The number of aromatic nitrogens is 1. The number of nitro groups is 1. The normalized spacial score (nSPS) is 11.9. The molecule has 0 atom stereocenters. The summed E-state index contributed by atoms with van der Waals surface area (Å²) in [5.41, 5.74) is 0.806. The fourth-order valence-electron chi connectivity index (χ4n) is 2.99. The number of thiazole rings is 1. The van der Waals surface area contributed by atoms with Gasteiger partial charge in [-0.2, -0.15) is 4.99 Å². The number of fused-ring (bicyclic) bond motifs is 2. The number of rotatable bonds is 4. The van der Waals surface area contributed by atoms with Gasteiger partial charge in [0.15, 0.2) is 4.80 Å². The highest BCUT2D eigenvalue weighted by atomic mass is 32.1. The van der Waals surface area contributed by atoms with Gasteiger partial charge in [-0.3, -0.25) is 14.9 Å². The van der Waals surface area contributed by atoms with Gasteiger partial charge in [-0.05, 0) is 18.2 Å². The quantitative estimate of drug-likeness (QED) is 0.359. The van der Waals surface area contributed by atoms with E-state index in [0.717, 1.165) is 14.9 Å². The third-order valence-corrected chi connectivity index (χ3v) is 6.59. The monoisotopic (exact) mass is 429 g/mol. The van der Waals surface area contributed by atoms with Crippen LogP contribution in [0, 0.1) is 10.1 Å². The molecule has 8 nitrogen and oxygen atoms in total. The van der Waals surface area contributed by atoms with Crippen LogP contribution >= 0.6 is 22.7 Å². The number of nitro benzene ring substituents is 1. The van der Waals surface area contributed by atoms with Gasteiger partial charge in [0.1, 0.15) is 17.0 Å². The van der Waals surface area contributed by atoms with E-state index >= 15 is 0 Å². The summed E-state index contributed by atoms with van der Waals surface area (Å²) in [7, 11) is 4.97. The van der Waals surface area contributed by atoms with Crippen LogP contribution in [0.3, 0.4) is 0 Å². The lowest BCUT2D eigenvalue weighted by molar-refractivity contribution is -0.384. The van der Waals surface area contributed by atoms with Crippen LogP contribution in [-0.4, -0.2) is 29.6 Å². The number of amides is 1. The molecule has 0 bridgehead atoms. The Balaban J connectivity index is 1.80. The lowest BCUT2D eigenvalue weighted by Crippen LogP contribution is -2.13. The minimum absolute atomic E-state index is 0.0109. The largest absolute Gasteiger partial charge is 0.497 e. The summed E-state index contributed by atoms with van der Waals surface area (Å²) in [5.74, 6) is 0.878. The molecule has 0 fully saturated rings. The van der Waals surface area contributed by atoms with Gasteiger partial charge in [0.05, 0.1) is 28.7 Å². The van der Waals surface area contributed by atoms with Crippen LogP contribution < -0.4 is 14.3 Å². The summed E-state index contributed by atoms with van der Waals surface area (Å²) in [5, 5.41) is 11.6. The SMILES string of the molecule is COc1cc(OC)c2c(c1)sc(=NC(=O)c1cc3cc([N+](=O)[O-])ccc3s1)n2C. The number of benzene rings is 2. The number of ether oxygens (including phenoxy) is 2. The van der Waals surface area contributed by atoms with E-state index in [0.29, 0.717) is 26.6 Å². The molecule has 0 aliphatic rings. The van der Waals surface area contributed by atoms with E-state index in [2.05, 4.69) is 4.99 Å². The number of thiophene rings is 1. The van der Waals surface area contributed by atoms with Gasteiger partial charge in [0.2, 0.25) is 0 Å². The predicted molar refractivity (Wildman–Crippen MR) is 112 cm³/mol. The first-order valence-electron chi connectivity index (χ1n) is 8.40. The molecule has 2 aromatic heterocycles. The van der Waals surface area contributed by atoms with E-state index in [1.165, 1.54) is 34.8 Å². The fraction of sp³-hybridized carbons (Fsp3) is 0.158. The number of aryl methyl sites for hydroxylation is 1. The van der Waals surface area contributed by atoms with Gasteiger partial charge in [-0.1, -0.05) is 11.3 Å². The standard InChI is InChI=1S/C19H15N3O5S2/c1-21-17-13(27-3)8-12(26-2)9-15(17)29-19(21)20-18(23)16-7-10-6-11(22(24)25)4-5-14(10)28-16/h4-9H,1-3H3. The number of nitrogens with zero attached hydrogens (tertiary/aromatic N) is 3. The molecule has 0 spiro atoms. The highest BCUT2D eigenvalue weighted by molar-refractivity contribution is 7.21. The fourth-order valence-corrected chi connectivity index (χ4v) is 4.98. The van der Waals surface area contributed by atoms with Crippen LogP contribution in [0.2, 0.25) is 0 Å². The van der Waals surface area contributed by atoms with Crippen molar-refractivity contribution in [1.29, 1.82) is 0 Å². The zero-order valence-corrected chi connectivity index (χ0v) is 17.3. The molecule has 4 rings (SSSR count). The number of hydrogen-bond donors (Lipinski definition) is 0. The number of carbonyl (C=O) groups is 1. The van der Waals surface area contributed by atoms with Crippen LogP contribution in [0.25, 0.3) is 20.3 Å². The minimum atomic E-state index is -0.457. The van der Waals surface area contributed by atoms with Crippen LogP contribution in [0.1, 0.15) is 9.67 Å². The molecule has 0 unspecified atom stereocenters. The van der Waals surface area contributed by atoms with Crippen molar-refractivity contribution in [3.63, 3.8) is 0 Å². The molecular formula is C19H15N3O5S2. The molecule has 0 aliphatic heterocycles. The average molecular weight is 429 g/mol. The summed E-state index contributed by atoms with van der Waals surface area (Å²) >= 11 is 2.61. The Labute approximate surface area is 172 Å². The minimum Gasteiger partial charge on any atom is -0.497 e. The van der Waals surface area contributed by atoms with Gasteiger partial charge in [0, 0.05) is 35.3 Å². The smallest absolute Gasteiger partial charge is 0.289 e. The molecule has 29 heavy (non-hydrogen) atoms. The lowest BCUT2D eigenvalue weighted by atomic mass is 10.2. The summed E-state index contributed by atoms with van der Waals surface area (Å²) in [6.45, 7) is 0. The Morgan fingerprint density at radius 2 is 1.90 bits per heavy atom. The molecule has 4 aromatic rings. The first kappa shape index (κ1) is 19.1. The van der Waals surface area contributed by atoms with E-state index < -0.39 is 10.8 Å². The Bertz CT molecular complexity index is 1350. The Hall–Kier alpha value is -3.24. The van der Waals surface area contributed by atoms with Crippen LogP contribution in [0.5, 0.6) is 11.5 Å². The summed E-state index contributed by atoms with van der Waals surface area (Å²) < 4.78 is 14.2. The van der Waals surface area contributed by atoms with Gasteiger partial charge >= 0.3 is 0 Å². The number of carbonyl (C=O) groups excluding carboxylic acids is 1. The van der Waals surface area contributed by atoms with Crippen LogP contribution in [0.15, 0.2) is 41.4 Å². The Morgan fingerprint density at radius 3 is 2.59 bits per heavy atom. The van der Waals surface area contributed by atoms with Crippen molar-refractivity contribution in [2.75, 3.05) is 14.2 Å². The van der Waals surface area contributed by atoms with Crippen molar-refractivity contribution in [3.8, 4) is 11.5 Å². The van der Waals surface area contributed by atoms with E-state index in [-0.39, 0.29) is 5.69 Å². The van der Waals surface area contributed by atoms with E-state index in [1.54, 1.807) is 37.0 Å². The van der Waals surface area contributed by atoms with E-state index in [1.807, 2.05) is 13.1 Å². The van der Waals surface area contributed by atoms with Crippen molar-refractivity contribution in [2.24, 2.45) is 12.0 Å². The van der Waals surface area contributed by atoms with Crippen LogP contribution in [0.4, 0.5) is 5.69 Å². The molecule has 0 aliphatic carbocycles. The Morgan fingerprint density at radius 1 is 1.10 bits per heavy atom. The first-order chi connectivity index (χ1) is 13.9.